The van der Waals surface area contributed by atoms with Crippen molar-refractivity contribution in [2.45, 2.75) is 38.0 Å². The fourth-order valence-electron chi connectivity index (χ4n) is 3.70. The number of carbonyl (C=O) groups is 1. The van der Waals surface area contributed by atoms with Crippen molar-refractivity contribution < 1.29 is 4.79 Å². The third-order valence-electron chi connectivity index (χ3n) is 4.94. The van der Waals surface area contributed by atoms with E-state index in [9.17, 15) is 4.79 Å². The molecule has 0 aliphatic carbocycles. The Kier molecular flexibility index (Phi) is 5.90. The normalized spacial score (nSPS) is 19.6. The van der Waals surface area contributed by atoms with E-state index in [1.54, 1.807) is 0 Å². The highest BCUT2D eigenvalue weighted by Gasteiger charge is 2.43. The van der Waals surface area contributed by atoms with E-state index in [2.05, 4.69) is 37.4 Å². The van der Waals surface area contributed by atoms with Crippen molar-refractivity contribution in [2.24, 2.45) is 0 Å². The molecule has 2 amide bonds. The Bertz CT molecular complexity index is 678. The lowest BCUT2D eigenvalue weighted by Gasteiger charge is -2.26. The van der Waals surface area contributed by atoms with E-state index in [1.807, 2.05) is 58.4 Å². The van der Waals surface area contributed by atoms with E-state index in [0.29, 0.717) is 13.1 Å². The molecule has 1 heterocycles. The van der Waals surface area contributed by atoms with E-state index >= 15 is 0 Å². The summed E-state index contributed by atoms with van der Waals surface area (Å²) in [4.78, 5) is 17.3. The lowest BCUT2D eigenvalue weighted by Crippen LogP contribution is -2.36. The van der Waals surface area contributed by atoms with Crippen LogP contribution in [0.15, 0.2) is 86.0 Å². The van der Waals surface area contributed by atoms with Crippen LogP contribution in [0.1, 0.15) is 24.0 Å². The van der Waals surface area contributed by atoms with Gasteiger partial charge in [-0.05, 0) is 24.0 Å². The summed E-state index contributed by atoms with van der Waals surface area (Å²) < 4.78 is 0. The molecule has 3 heteroatoms. The van der Waals surface area contributed by atoms with Crippen molar-refractivity contribution in [1.29, 1.82) is 0 Å². The van der Waals surface area contributed by atoms with Crippen LogP contribution in [0, 0.1) is 0 Å². The van der Waals surface area contributed by atoms with E-state index in [1.165, 1.54) is 0 Å². The summed E-state index contributed by atoms with van der Waals surface area (Å²) in [5.41, 5.74) is 2.29. The average Bonchev–Trinajstić information content (AvgIpc) is 2.90. The molecule has 0 bridgehead atoms. The van der Waals surface area contributed by atoms with Crippen LogP contribution in [-0.2, 0) is 13.1 Å². The monoisotopic (exact) mass is 346 g/mol. The molecule has 1 aliphatic rings. The van der Waals surface area contributed by atoms with Crippen LogP contribution in [0.2, 0.25) is 0 Å². The maximum absolute atomic E-state index is 13.3. The highest BCUT2D eigenvalue weighted by atomic mass is 16.2. The molecule has 0 saturated carbocycles. The molecule has 2 atom stereocenters. The molecule has 0 radical (unpaired) electrons. The number of rotatable bonds is 8. The van der Waals surface area contributed by atoms with Gasteiger partial charge in [0, 0.05) is 13.1 Å². The largest absolute Gasteiger partial charge is 0.321 e. The van der Waals surface area contributed by atoms with E-state index in [-0.39, 0.29) is 18.1 Å². The quantitative estimate of drug-likeness (QED) is 0.616. The zero-order valence-electron chi connectivity index (χ0n) is 15.1. The molecular formula is C23H26N2O. The fraction of sp³-hybridized carbons (Fsp3) is 0.261. The van der Waals surface area contributed by atoms with Gasteiger partial charge in [0.15, 0.2) is 0 Å². The number of carbonyl (C=O) groups excluding carboxylic acids is 1. The minimum Gasteiger partial charge on any atom is -0.315 e. The summed E-state index contributed by atoms with van der Waals surface area (Å²) in [5, 5.41) is 0. The Morgan fingerprint density at radius 3 is 1.46 bits per heavy atom. The number of hydrogen-bond acceptors (Lipinski definition) is 1. The Hall–Kier alpha value is -2.81. The van der Waals surface area contributed by atoms with E-state index in [4.69, 9.17) is 0 Å². The first-order valence-corrected chi connectivity index (χ1v) is 9.11. The SMILES string of the molecule is C=CC[C@H]1[C@H](CC=C)N(Cc2ccccc2)C(=O)N1Cc1ccccc1. The number of amides is 2. The molecule has 1 saturated heterocycles. The molecule has 0 aromatic heterocycles. The molecule has 26 heavy (non-hydrogen) atoms. The molecule has 134 valence electrons. The Balaban J connectivity index is 1.88. The van der Waals surface area contributed by atoms with Crippen LogP contribution in [0.5, 0.6) is 0 Å². The second-order valence-corrected chi connectivity index (χ2v) is 6.69. The molecule has 2 aromatic rings. The molecule has 3 nitrogen and oxygen atoms in total. The molecule has 3 rings (SSSR count). The zero-order chi connectivity index (χ0) is 18.4. The van der Waals surface area contributed by atoms with Gasteiger partial charge in [-0.3, -0.25) is 0 Å². The van der Waals surface area contributed by atoms with E-state index in [0.717, 1.165) is 24.0 Å². The first-order valence-electron chi connectivity index (χ1n) is 9.11. The molecule has 1 fully saturated rings. The maximum Gasteiger partial charge on any atom is 0.321 e. The van der Waals surface area contributed by atoms with Gasteiger partial charge in [0.1, 0.15) is 0 Å². The number of hydrogen-bond donors (Lipinski definition) is 0. The minimum atomic E-state index is 0.0939. The van der Waals surface area contributed by atoms with Gasteiger partial charge in [-0.1, -0.05) is 72.8 Å². The second-order valence-electron chi connectivity index (χ2n) is 6.69. The van der Waals surface area contributed by atoms with Gasteiger partial charge < -0.3 is 9.80 Å². The molecule has 0 unspecified atom stereocenters. The third kappa shape index (κ3) is 3.88. The van der Waals surface area contributed by atoms with Crippen LogP contribution in [0.4, 0.5) is 4.79 Å². The summed E-state index contributed by atoms with van der Waals surface area (Å²) in [6.07, 6.45) is 5.39. The molecule has 2 aromatic carbocycles. The van der Waals surface area contributed by atoms with Gasteiger partial charge in [0.25, 0.3) is 0 Å². The first kappa shape index (κ1) is 18.0. The predicted octanol–water partition coefficient (Wildman–Crippen LogP) is 5.01. The molecule has 1 aliphatic heterocycles. The molecule has 0 N–H and O–H groups in total. The van der Waals surface area contributed by atoms with Gasteiger partial charge in [0.05, 0.1) is 12.1 Å². The van der Waals surface area contributed by atoms with Crippen molar-refractivity contribution >= 4 is 6.03 Å². The third-order valence-corrected chi connectivity index (χ3v) is 4.94. The van der Waals surface area contributed by atoms with Crippen LogP contribution < -0.4 is 0 Å². The highest BCUT2D eigenvalue weighted by molar-refractivity contribution is 5.78. The Labute approximate surface area is 156 Å². The van der Waals surface area contributed by atoms with Gasteiger partial charge in [0.2, 0.25) is 0 Å². The van der Waals surface area contributed by atoms with Crippen molar-refractivity contribution in [1.82, 2.24) is 9.80 Å². The van der Waals surface area contributed by atoms with Gasteiger partial charge in [-0.15, -0.1) is 13.2 Å². The van der Waals surface area contributed by atoms with Crippen molar-refractivity contribution in [3.05, 3.63) is 97.1 Å². The van der Waals surface area contributed by atoms with Crippen molar-refractivity contribution in [3.8, 4) is 0 Å². The average molecular weight is 346 g/mol. The highest BCUT2D eigenvalue weighted by Crippen LogP contribution is 2.31. The summed E-state index contributed by atoms with van der Waals surface area (Å²) in [5.74, 6) is 0. The lowest BCUT2D eigenvalue weighted by atomic mass is 10.0. The van der Waals surface area contributed by atoms with Gasteiger partial charge in [-0.2, -0.15) is 0 Å². The van der Waals surface area contributed by atoms with Gasteiger partial charge in [-0.25, -0.2) is 4.79 Å². The number of urea groups is 1. The van der Waals surface area contributed by atoms with Crippen LogP contribution >= 0.6 is 0 Å². The minimum absolute atomic E-state index is 0.0939. The first-order chi connectivity index (χ1) is 12.7. The smallest absolute Gasteiger partial charge is 0.315 e. The maximum atomic E-state index is 13.3. The summed E-state index contributed by atoms with van der Waals surface area (Å²) in [6, 6.07) is 20.7. The van der Waals surface area contributed by atoms with Crippen LogP contribution in [0.25, 0.3) is 0 Å². The van der Waals surface area contributed by atoms with Crippen molar-refractivity contribution in [3.63, 3.8) is 0 Å². The standard InChI is InChI=1S/C23H26N2O/c1-3-11-21-22(12-4-2)25(18-20-15-9-6-10-16-20)23(26)24(21)17-19-13-7-5-8-14-19/h3-10,13-16,21-22H,1-2,11-12,17-18H2/t21-,22-/m0/s1. The van der Waals surface area contributed by atoms with Gasteiger partial charge >= 0.3 is 6.03 Å². The Morgan fingerprint density at radius 2 is 1.12 bits per heavy atom. The topological polar surface area (TPSA) is 23.6 Å². The predicted molar refractivity (Wildman–Crippen MR) is 107 cm³/mol. The number of nitrogens with zero attached hydrogens (tertiary/aromatic N) is 2. The van der Waals surface area contributed by atoms with E-state index < -0.39 is 0 Å². The molecular weight excluding hydrogens is 320 g/mol. The van der Waals surface area contributed by atoms with Crippen molar-refractivity contribution in [2.75, 3.05) is 0 Å². The summed E-state index contributed by atoms with van der Waals surface area (Å²) in [6.45, 7) is 9.07. The Morgan fingerprint density at radius 1 is 0.731 bits per heavy atom. The fourth-order valence-corrected chi connectivity index (χ4v) is 3.70. The lowest BCUT2D eigenvalue weighted by molar-refractivity contribution is 0.181. The number of benzene rings is 2. The summed E-state index contributed by atoms with van der Waals surface area (Å²) >= 11 is 0. The molecule has 0 spiro atoms. The zero-order valence-corrected chi connectivity index (χ0v) is 15.1. The van der Waals surface area contributed by atoms with Crippen LogP contribution in [0.3, 0.4) is 0 Å². The van der Waals surface area contributed by atoms with Crippen LogP contribution in [-0.4, -0.2) is 27.9 Å². The second kappa shape index (κ2) is 8.52. The summed E-state index contributed by atoms with van der Waals surface area (Å²) in [7, 11) is 0.